The summed E-state index contributed by atoms with van der Waals surface area (Å²) in [6.07, 6.45) is 2.61. The van der Waals surface area contributed by atoms with Crippen LogP contribution >= 0.6 is 0 Å². The molecule has 19 heavy (non-hydrogen) atoms. The lowest BCUT2D eigenvalue weighted by Crippen LogP contribution is -2.15. The minimum absolute atomic E-state index is 0.254. The largest absolute Gasteiger partial charge is 0.497 e. The Morgan fingerprint density at radius 3 is 3.05 bits per heavy atom. The number of methoxy groups -OCH3 is 1. The highest BCUT2D eigenvalue weighted by Gasteiger charge is 2.13. The lowest BCUT2D eigenvalue weighted by atomic mass is 10.1. The van der Waals surface area contributed by atoms with Gasteiger partial charge in [0.25, 0.3) is 0 Å². The number of rotatable bonds is 4. The van der Waals surface area contributed by atoms with Gasteiger partial charge < -0.3 is 15.5 Å². The molecule has 4 N–H and O–H groups in total. The second kappa shape index (κ2) is 4.69. The minimum Gasteiger partial charge on any atom is -0.497 e. The van der Waals surface area contributed by atoms with Gasteiger partial charge in [0, 0.05) is 23.2 Å². The van der Waals surface area contributed by atoms with Gasteiger partial charge in [-0.3, -0.25) is 0 Å². The van der Waals surface area contributed by atoms with Gasteiger partial charge in [0.05, 0.1) is 13.2 Å². The van der Waals surface area contributed by atoms with Crippen LogP contribution in [0.4, 0.5) is 0 Å². The summed E-state index contributed by atoms with van der Waals surface area (Å²) >= 11 is 0. The third kappa shape index (κ3) is 2.15. The summed E-state index contributed by atoms with van der Waals surface area (Å²) in [6, 6.07) is 5.66. The third-order valence-corrected chi connectivity index (χ3v) is 3.13. The van der Waals surface area contributed by atoms with E-state index in [1.807, 2.05) is 24.4 Å². The number of H-pyrrole nitrogens is 2. The Labute approximate surface area is 109 Å². The number of benzene rings is 1. The quantitative estimate of drug-likeness (QED) is 0.645. The van der Waals surface area contributed by atoms with Crippen molar-refractivity contribution in [3.63, 3.8) is 0 Å². The Bertz CT molecular complexity index is 675. The highest BCUT2D eigenvalue weighted by Crippen LogP contribution is 2.25. The first-order valence-corrected chi connectivity index (χ1v) is 5.91. The number of hydrogen-bond donors (Lipinski definition) is 3. The topological polar surface area (TPSA) is 106 Å². The Morgan fingerprint density at radius 2 is 2.32 bits per heavy atom. The summed E-state index contributed by atoms with van der Waals surface area (Å²) in [7, 11) is 1.65. The van der Waals surface area contributed by atoms with Crippen molar-refractivity contribution in [3.05, 3.63) is 35.8 Å². The Morgan fingerprint density at radius 1 is 1.42 bits per heavy atom. The summed E-state index contributed by atoms with van der Waals surface area (Å²) in [5, 5.41) is 14.7. The number of hydrogen-bond acceptors (Lipinski definition) is 5. The van der Waals surface area contributed by atoms with Crippen molar-refractivity contribution in [2.75, 3.05) is 7.11 Å². The number of aromatic amines is 2. The first kappa shape index (κ1) is 11.7. The van der Waals surface area contributed by atoms with Crippen LogP contribution in [0.5, 0.6) is 5.75 Å². The Hall–Kier alpha value is -2.41. The molecule has 0 saturated carbocycles. The van der Waals surface area contributed by atoms with Gasteiger partial charge in [-0.1, -0.05) is 0 Å². The maximum absolute atomic E-state index is 6.07. The van der Waals surface area contributed by atoms with Crippen molar-refractivity contribution in [1.29, 1.82) is 0 Å². The Balaban J connectivity index is 1.89. The molecule has 2 heterocycles. The highest BCUT2D eigenvalue weighted by atomic mass is 16.5. The van der Waals surface area contributed by atoms with Crippen LogP contribution in [0, 0.1) is 0 Å². The van der Waals surface area contributed by atoms with E-state index in [2.05, 4.69) is 25.6 Å². The lowest BCUT2D eigenvalue weighted by Gasteiger charge is -2.06. The molecule has 3 rings (SSSR count). The van der Waals surface area contributed by atoms with E-state index in [0.29, 0.717) is 12.2 Å². The summed E-state index contributed by atoms with van der Waals surface area (Å²) < 4.78 is 5.20. The van der Waals surface area contributed by atoms with Crippen LogP contribution in [0.15, 0.2) is 24.4 Å². The van der Waals surface area contributed by atoms with Gasteiger partial charge in [-0.2, -0.15) is 0 Å². The van der Waals surface area contributed by atoms with Crippen molar-refractivity contribution in [2.45, 2.75) is 12.5 Å². The van der Waals surface area contributed by atoms with Crippen LogP contribution in [0.2, 0.25) is 0 Å². The molecular formula is C12H14N6O. The van der Waals surface area contributed by atoms with E-state index in [9.17, 15) is 0 Å². The molecule has 7 heteroatoms. The average Bonchev–Trinajstić information content (AvgIpc) is 3.08. The summed E-state index contributed by atoms with van der Waals surface area (Å²) in [4.78, 5) is 3.22. The molecular weight excluding hydrogens is 244 g/mol. The first-order chi connectivity index (χ1) is 9.28. The minimum atomic E-state index is -0.254. The fourth-order valence-electron chi connectivity index (χ4n) is 2.12. The molecule has 7 nitrogen and oxygen atoms in total. The lowest BCUT2D eigenvalue weighted by molar-refractivity contribution is 0.415. The van der Waals surface area contributed by atoms with Gasteiger partial charge in [-0.05, 0) is 34.5 Å². The number of fused-ring (bicyclic) bond motifs is 1. The van der Waals surface area contributed by atoms with Gasteiger partial charge in [0.15, 0.2) is 5.82 Å². The number of nitrogens with zero attached hydrogens (tertiary/aromatic N) is 3. The molecule has 0 radical (unpaired) electrons. The van der Waals surface area contributed by atoms with Crippen molar-refractivity contribution < 1.29 is 4.74 Å². The molecule has 2 aromatic heterocycles. The standard InChI is InChI=1S/C12H14N6O/c1-19-8-2-3-9-7(6-14-11(9)5-8)4-10(13)12-15-17-18-16-12/h2-3,5-6,10,14H,4,13H2,1H3,(H,15,16,17,18). The number of nitrogens with one attached hydrogen (secondary N) is 2. The van der Waals surface area contributed by atoms with Crippen LogP contribution < -0.4 is 10.5 Å². The van der Waals surface area contributed by atoms with Crippen LogP contribution in [-0.2, 0) is 6.42 Å². The van der Waals surface area contributed by atoms with Crippen molar-refractivity contribution >= 4 is 10.9 Å². The first-order valence-electron chi connectivity index (χ1n) is 5.91. The van der Waals surface area contributed by atoms with E-state index < -0.39 is 0 Å². The molecule has 1 aromatic carbocycles. The maximum atomic E-state index is 6.07. The molecule has 3 aromatic rings. The second-order valence-corrected chi connectivity index (χ2v) is 4.32. The average molecular weight is 258 g/mol. The normalized spacial score (nSPS) is 12.7. The van der Waals surface area contributed by atoms with Crippen LogP contribution in [0.25, 0.3) is 10.9 Å². The van der Waals surface area contributed by atoms with E-state index in [4.69, 9.17) is 10.5 Å². The zero-order valence-corrected chi connectivity index (χ0v) is 10.4. The van der Waals surface area contributed by atoms with Gasteiger partial charge in [0.2, 0.25) is 0 Å². The second-order valence-electron chi connectivity index (χ2n) is 4.32. The molecule has 0 saturated heterocycles. The van der Waals surface area contributed by atoms with Gasteiger partial charge in [-0.15, -0.1) is 5.10 Å². The van der Waals surface area contributed by atoms with Crippen LogP contribution in [0.1, 0.15) is 17.4 Å². The molecule has 0 fully saturated rings. The molecule has 98 valence electrons. The van der Waals surface area contributed by atoms with Crippen LogP contribution in [-0.4, -0.2) is 32.7 Å². The predicted molar refractivity (Wildman–Crippen MR) is 69.7 cm³/mol. The maximum Gasteiger partial charge on any atom is 0.165 e. The molecule has 1 unspecified atom stereocenters. The number of ether oxygens (including phenoxy) is 1. The fraction of sp³-hybridized carbons (Fsp3) is 0.250. The zero-order chi connectivity index (χ0) is 13.2. The van der Waals surface area contributed by atoms with E-state index in [-0.39, 0.29) is 6.04 Å². The Kier molecular flexibility index (Phi) is 2.88. The van der Waals surface area contributed by atoms with E-state index in [1.165, 1.54) is 0 Å². The number of tetrazole rings is 1. The molecule has 0 spiro atoms. The molecule has 1 atom stereocenters. The zero-order valence-electron chi connectivity index (χ0n) is 10.4. The van der Waals surface area contributed by atoms with Gasteiger partial charge in [0.1, 0.15) is 5.75 Å². The van der Waals surface area contributed by atoms with Crippen molar-refractivity contribution in [3.8, 4) is 5.75 Å². The molecule has 0 amide bonds. The molecule has 0 bridgehead atoms. The molecule has 0 aliphatic rings. The summed E-state index contributed by atoms with van der Waals surface area (Å²) in [6.45, 7) is 0. The monoisotopic (exact) mass is 258 g/mol. The van der Waals surface area contributed by atoms with Crippen molar-refractivity contribution in [1.82, 2.24) is 25.6 Å². The number of nitrogens with two attached hydrogens (primary N) is 1. The smallest absolute Gasteiger partial charge is 0.165 e. The number of aromatic nitrogens is 5. The van der Waals surface area contributed by atoms with Gasteiger partial charge in [-0.25, -0.2) is 5.10 Å². The third-order valence-electron chi connectivity index (χ3n) is 3.13. The van der Waals surface area contributed by atoms with E-state index in [0.717, 1.165) is 22.2 Å². The van der Waals surface area contributed by atoms with E-state index in [1.54, 1.807) is 7.11 Å². The van der Waals surface area contributed by atoms with Crippen LogP contribution in [0.3, 0.4) is 0 Å². The summed E-state index contributed by atoms with van der Waals surface area (Å²) in [5.74, 6) is 1.41. The molecule has 0 aliphatic heterocycles. The van der Waals surface area contributed by atoms with Crippen molar-refractivity contribution in [2.24, 2.45) is 5.73 Å². The summed E-state index contributed by atoms with van der Waals surface area (Å²) in [5.41, 5.74) is 8.22. The van der Waals surface area contributed by atoms with Gasteiger partial charge >= 0.3 is 0 Å². The highest BCUT2D eigenvalue weighted by molar-refractivity contribution is 5.84. The SMILES string of the molecule is COc1ccc2c(CC(N)c3nnn[nH]3)c[nH]c2c1. The van der Waals surface area contributed by atoms with E-state index >= 15 is 0 Å². The molecule has 0 aliphatic carbocycles. The fourth-order valence-corrected chi connectivity index (χ4v) is 2.12. The predicted octanol–water partition coefficient (Wildman–Crippen LogP) is 0.932.